The lowest BCUT2D eigenvalue weighted by atomic mass is 9.93. The van der Waals surface area contributed by atoms with Crippen molar-refractivity contribution in [2.24, 2.45) is 0 Å². The molecule has 0 bridgehead atoms. The van der Waals surface area contributed by atoms with Crippen molar-refractivity contribution < 1.29 is 14.3 Å². The molecular formula is C27H29NO3. The zero-order chi connectivity index (χ0) is 20.9. The van der Waals surface area contributed by atoms with Gasteiger partial charge in [0.05, 0.1) is 5.41 Å². The summed E-state index contributed by atoms with van der Waals surface area (Å²) in [6, 6.07) is 18.3. The highest BCUT2D eigenvalue weighted by atomic mass is 16.7. The molecule has 0 saturated heterocycles. The van der Waals surface area contributed by atoms with Gasteiger partial charge in [0.1, 0.15) is 0 Å². The first-order valence-electron chi connectivity index (χ1n) is 10.4. The van der Waals surface area contributed by atoms with Gasteiger partial charge in [-0.1, -0.05) is 37.8 Å². The molecule has 0 aromatic heterocycles. The second kappa shape index (κ2) is 7.77. The molecule has 1 heterocycles. The van der Waals surface area contributed by atoms with Crippen LogP contribution in [0.1, 0.15) is 42.5 Å². The van der Waals surface area contributed by atoms with Crippen LogP contribution in [0.25, 0.3) is 11.1 Å². The van der Waals surface area contributed by atoms with Gasteiger partial charge in [0.2, 0.25) is 12.7 Å². The molecule has 2 aliphatic rings. The number of ether oxygens (including phenoxy) is 2. The number of carbonyl (C=O) groups is 1. The molecule has 0 spiro atoms. The van der Waals surface area contributed by atoms with Crippen LogP contribution in [0.3, 0.4) is 0 Å². The fourth-order valence-corrected chi connectivity index (χ4v) is 4.25. The van der Waals surface area contributed by atoms with Crippen LogP contribution in [0.5, 0.6) is 11.5 Å². The number of hydrogen-bond donors (Lipinski definition) is 1. The smallest absolute Gasteiger partial charge is 0.235 e. The number of amides is 1. The molecular weight excluding hydrogens is 386 g/mol. The number of fused-ring (bicyclic) bond motifs is 1. The molecule has 160 valence electrons. The normalized spacial score (nSPS) is 15.2. The topological polar surface area (TPSA) is 47.6 Å². The minimum absolute atomic E-state index is 0. The zero-order valence-electron chi connectivity index (χ0n) is 17.5. The summed E-state index contributed by atoms with van der Waals surface area (Å²) < 4.78 is 10.9. The van der Waals surface area contributed by atoms with Gasteiger partial charge in [-0.05, 0) is 91.3 Å². The third kappa shape index (κ3) is 3.56. The Hall–Kier alpha value is -3.27. The summed E-state index contributed by atoms with van der Waals surface area (Å²) in [4.78, 5) is 13.3. The highest BCUT2D eigenvalue weighted by molar-refractivity contribution is 6.02. The maximum Gasteiger partial charge on any atom is 0.235 e. The van der Waals surface area contributed by atoms with Gasteiger partial charge in [0.25, 0.3) is 0 Å². The van der Waals surface area contributed by atoms with Gasteiger partial charge in [-0.15, -0.1) is 0 Å². The average Bonchev–Trinajstić information content (AvgIpc) is 3.42. The quantitative estimate of drug-likeness (QED) is 0.543. The highest BCUT2D eigenvalue weighted by Crippen LogP contribution is 2.51. The Morgan fingerprint density at radius 2 is 1.65 bits per heavy atom. The second-order valence-corrected chi connectivity index (χ2v) is 8.38. The highest BCUT2D eigenvalue weighted by Gasteiger charge is 2.51. The lowest BCUT2D eigenvalue weighted by molar-refractivity contribution is -0.118. The van der Waals surface area contributed by atoms with Crippen molar-refractivity contribution in [2.75, 3.05) is 12.1 Å². The van der Waals surface area contributed by atoms with Gasteiger partial charge in [0.15, 0.2) is 11.5 Å². The second-order valence-electron chi connectivity index (χ2n) is 8.38. The fourth-order valence-electron chi connectivity index (χ4n) is 4.25. The van der Waals surface area contributed by atoms with E-state index in [1.165, 1.54) is 22.3 Å². The first kappa shape index (κ1) is 21.0. The van der Waals surface area contributed by atoms with Crippen LogP contribution in [0.4, 0.5) is 5.69 Å². The molecule has 1 amide bonds. The first-order valence-corrected chi connectivity index (χ1v) is 10.4. The SMILES string of the molecule is C.Cc1ccc(NC(=O)C2(c3ccc4c(c3)OCO4)CC2)cc1-c1cccc(C)c1C. The molecule has 1 fully saturated rings. The Bertz CT molecular complexity index is 1160. The molecule has 1 aliphatic heterocycles. The number of carbonyl (C=O) groups excluding carboxylic acids is 1. The van der Waals surface area contributed by atoms with Crippen LogP contribution >= 0.6 is 0 Å². The van der Waals surface area contributed by atoms with Gasteiger partial charge in [-0.25, -0.2) is 0 Å². The van der Waals surface area contributed by atoms with Crippen molar-refractivity contribution in [3.05, 3.63) is 76.9 Å². The summed E-state index contributed by atoms with van der Waals surface area (Å²) in [6.45, 7) is 6.62. The molecule has 3 aromatic rings. The van der Waals surface area contributed by atoms with Crippen LogP contribution in [0.15, 0.2) is 54.6 Å². The maximum absolute atomic E-state index is 13.3. The lowest BCUT2D eigenvalue weighted by Crippen LogP contribution is -2.27. The molecule has 1 aliphatic carbocycles. The largest absolute Gasteiger partial charge is 0.454 e. The molecule has 0 unspecified atom stereocenters. The Kier molecular flexibility index (Phi) is 5.26. The van der Waals surface area contributed by atoms with Crippen molar-refractivity contribution in [2.45, 2.75) is 46.5 Å². The van der Waals surface area contributed by atoms with Crippen molar-refractivity contribution in [1.29, 1.82) is 0 Å². The molecule has 5 rings (SSSR count). The number of aryl methyl sites for hydroxylation is 2. The van der Waals surface area contributed by atoms with Gasteiger partial charge in [-0.2, -0.15) is 0 Å². The Labute approximate surface area is 184 Å². The summed E-state index contributed by atoms with van der Waals surface area (Å²) >= 11 is 0. The van der Waals surface area contributed by atoms with Crippen LogP contribution in [0, 0.1) is 20.8 Å². The zero-order valence-corrected chi connectivity index (χ0v) is 17.5. The summed E-state index contributed by atoms with van der Waals surface area (Å²) in [7, 11) is 0. The molecule has 0 radical (unpaired) electrons. The van der Waals surface area contributed by atoms with Crippen LogP contribution in [0.2, 0.25) is 0 Å². The summed E-state index contributed by atoms with van der Waals surface area (Å²) in [5, 5.41) is 3.17. The average molecular weight is 416 g/mol. The Balaban J connectivity index is 0.00000231. The van der Waals surface area contributed by atoms with Gasteiger partial charge in [0, 0.05) is 5.69 Å². The Morgan fingerprint density at radius 3 is 2.42 bits per heavy atom. The van der Waals surface area contributed by atoms with E-state index < -0.39 is 5.41 Å². The van der Waals surface area contributed by atoms with Gasteiger partial charge in [-0.3, -0.25) is 4.79 Å². The van der Waals surface area contributed by atoms with Gasteiger partial charge >= 0.3 is 0 Å². The minimum atomic E-state index is -0.481. The maximum atomic E-state index is 13.3. The standard InChI is InChI=1S/C26H25NO3.CH4/c1-16-5-4-6-21(18(16)3)22-14-20(9-7-17(22)2)27-25(28)26(11-12-26)19-8-10-23-24(13-19)30-15-29-23;/h4-10,13-14H,11-12,15H2,1-3H3,(H,27,28);1H4. The van der Waals surface area contributed by atoms with E-state index in [2.05, 4.69) is 56.4 Å². The van der Waals surface area contributed by atoms with Gasteiger partial charge < -0.3 is 14.8 Å². The summed E-state index contributed by atoms with van der Waals surface area (Å²) in [5.74, 6) is 1.50. The van der Waals surface area contributed by atoms with E-state index in [1.54, 1.807) is 0 Å². The van der Waals surface area contributed by atoms with Crippen molar-refractivity contribution in [3.63, 3.8) is 0 Å². The van der Waals surface area contributed by atoms with Crippen LogP contribution < -0.4 is 14.8 Å². The molecule has 1 N–H and O–H groups in total. The van der Waals surface area contributed by atoms with E-state index >= 15 is 0 Å². The van der Waals surface area contributed by atoms with Crippen molar-refractivity contribution in [3.8, 4) is 22.6 Å². The number of nitrogens with one attached hydrogen (secondary N) is 1. The number of benzene rings is 3. The monoisotopic (exact) mass is 415 g/mol. The van der Waals surface area contributed by atoms with E-state index in [4.69, 9.17) is 9.47 Å². The van der Waals surface area contributed by atoms with E-state index in [1.807, 2.05) is 24.3 Å². The van der Waals surface area contributed by atoms with Crippen LogP contribution in [-0.2, 0) is 10.2 Å². The molecule has 1 saturated carbocycles. The third-order valence-corrected chi connectivity index (χ3v) is 6.50. The van der Waals surface area contributed by atoms with Crippen LogP contribution in [-0.4, -0.2) is 12.7 Å². The van der Waals surface area contributed by atoms with E-state index in [-0.39, 0.29) is 20.1 Å². The van der Waals surface area contributed by atoms with E-state index in [9.17, 15) is 4.79 Å². The van der Waals surface area contributed by atoms with E-state index in [0.29, 0.717) is 0 Å². The number of hydrogen-bond acceptors (Lipinski definition) is 3. The predicted molar refractivity (Wildman–Crippen MR) is 125 cm³/mol. The predicted octanol–water partition coefficient (Wildman–Crippen LogP) is 6.31. The molecule has 4 nitrogen and oxygen atoms in total. The molecule has 4 heteroatoms. The molecule has 3 aromatic carbocycles. The molecule has 0 atom stereocenters. The number of anilines is 1. The van der Waals surface area contributed by atoms with E-state index in [0.717, 1.165) is 41.2 Å². The first-order chi connectivity index (χ1) is 14.5. The summed E-state index contributed by atoms with van der Waals surface area (Å²) in [6.07, 6.45) is 1.68. The Morgan fingerprint density at radius 1 is 0.871 bits per heavy atom. The van der Waals surface area contributed by atoms with Crippen molar-refractivity contribution in [1.82, 2.24) is 0 Å². The minimum Gasteiger partial charge on any atom is -0.454 e. The lowest BCUT2D eigenvalue weighted by Gasteiger charge is -2.18. The number of rotatable bonds is 4. The third-order valence-electron chi connectivity index (χ3n) is 6.50. The van der Waals surface area contributed by atoms with Crippen molar-refractivity contribution >= 4 is 11.6 Å². The molecule has 31 heavy (non-hydrogen) atoms. The summed E-state index contributed by atoms with van der Waals surface area (Å²) in [5.41, 5.74) is 7.43. The fraction of sp³-hybridized carbons (Fsp3) is 0.296.